The van der Waals surface area contributed by atoms with Crippen molar-refractivity contribution in [1.29, 1.82) is 0 Å². The van der Waals surface area contributed by atoms with Gasteiger partial charge in [-0.15, -0.1) is 0 Å². The first-order chi connectivity index (χ1) is 8.92. The average Bonchev–Trinajstić information content (AvgIpc) is 2.67. The normalized spacial score (nSPS) is 14.3. The van der Waals surface area contributed by atoms with Gasteiger partial charge in [-0.3, -0.25) is 0 Å². The van der Waals surface area contributed by atoms with E-state index in [0.29, 0.717) is 0 Å². The highest BCUT2D eigenvalue weighted by Crippen LogP contribution is 2.20. The van der Waals surface area contributed by atoms with E-state index in [1.54, 1.807) is 0 Å². The lowest BCUT2D eigenvalue weighted by Crippen LogP contribution is -1.95. The molecule has 1 aliphatic rings. The molecule has 0 fully saturated rings. The largest absolute Gasteiger partial charge is 0.356 e. The van der Waals surface area contributed by atoms with E-state index in [-0.39, 0.29) is 0 Å². The fraction of sp³-hybridized carbons (Fsp3) is 0.0588. The Morgan fingerprint density at radius 2 is 1.78 bits per heavy atom. The van der Waals surface area contributed by atoms with E-state index in [9.17, 15) is 0 Å². The van der Waals surface area contributed by atoms with Crippen molar-refractivity contribution in [2.45, 2.75) is 6.42 Å². The summed E-state index contributed by atoms with van der Waals surface area (Å²) in [5.41, 5.74) is 2.25. The summed E-state index contributed by atoms with van der Waals surface area (Å²) in [4.78, 5) is 0. The van der Waals surface area contributed by atoms with Crippen LogP contribution >= 0.6 is 0 Å². The molecule has 0 bridgehead atoms. The highest BCUT2D eigenvalue weighted by molar-refractivity contribution is 5.86. The molecule has 2 aromatic carbocycles. The first-order valence-corrected chi connectivity index (χ1v) is 6.21. The first-order valence-electron chi connectivity index (χ1n) is 6.21. The third kappa shape index (κ3) is 2.35. The third-order valence-corrected chi connectivity index (χ3v) is 3.02. The van der Waals surface area contributed by atoms with Crippen LogP contribution in [0.1, 0.15) is 6.42 Å². The number of allylic oxidation sites excluding steroid dienone is 5. The molecule has 0 heterocycles. The molecule has 2 aromatic rings. The minimum absolute atomic E-state index is 0.999. The van der Waals surface area contributed by atoms with Crippen LogP contribution in [0.25, 0.3) is 10.8 Å². The van der Waals surface area contributed by atoms with Gasteiger partial charge in [-0.1, -0.05) is 48.6 Å². The molecular formula is C17H15N. The van der Waals surface area contributed by atoms with Crippen LogP contribution in [0.15, 0.2) is 78.5 Å². The van der Waals surface area contributed by atoms with Crippen molar-refractivity contribution in [3.8, 4) is 0 Å². The van der Waals surface area contributed by atoms with Gasteiger partial charge in [-0.05, 0) is 41.5 Å². The van der Waals surface area contributed by atoms with Crippen LogP contribution in [-0.4, -0.2) is 0 Å². The molecule has 0 aliphatic heterocycles. The summed E-state index contributed by atoms with van der Waals surface area (Å²) >= 11 is 0. The number of benzene rings is 2. The Hall–Kier alpha value is -2.28. The van der Waals surface area contributed by atoms with Crippen molar-refractivity contribution in [1.82, 2.24) is 0 Å². The van der Waals surface area contributed by atoms with Gasteiger partial charge in [0.15, 0.2) is 0 Å². The average molecular weight is 233 g/mol. The van der Waals surface area contributed by atoms with Gasteiger partial charge in [0, 0.05) is 11.4 Å². The second-order valence-corrected chi connectivity index (χ2v) is 4.38. The zero-order valence-electron chi connectivity index (χ0n) is 10.1. The highest BCUT2D eigenvalue weighted by Gasteiger charge is 1.97. The monoisotopic (exact) mass is 233 g/mol. The number of rotatable bonds is 2. The zero-order chi connectivity index (χ0) is 12.2. The molecule has 1 nitrogen and oxygen atoms in total. The third-order valence-electron chi connectivity index (χ3n) is 3.02. The van der Waals surface area contributed by atoms with Crippen LogP contribution in [-0.2, 0) is 0 Å². The Morgan fingerprint density at radius 1 is 0.889 bits per heavy atom. The van der Waals surface area contributed by atoms with Gasteiger partial charge in [0.25, 0.3) is 0 Å². The number of hydrogen-bond donors (Lipinski definition) is 1. The van der Waals surface area contributed by atoms with Gasteiger partial charge in [-0.25, -0.2) is 0 Å². The second kappa shape index (κ2) is 4.92. The molecule has 0 saturated heterocycles. The van der Waals surface area contributed by atoms with E-state index in [0.717, 1.165) is 17.8 Å². The second-order valence-electron chi connectivity index (χ2n) is 4.38. The summed E-state index contributed by atoms with van der Waals surface area (Å²) < 4.78 is 0. The molecule has 0 unspecified atom stereocenters. The van der Waals surface area contributed by atoms with Gasteiger partial charge >= 0.3 is 0 Å². The summed E-state index contributed by atoms with van der Waals surface area (Å²) in [5, 5.41) is 5.97. The molecular weight excluding hydrogens is 218 g/mol. The SMILES string of the molecule is C1=CCC=CC(Nc2ccc3ccccc3c2)=C1. The van der Waals surface area contributed by atoms with Crippen molar-refractivity contribution >= 4 is 16.5 Å². The Balaban J connectivity index is 1.90. The van der Waals surface area contributed by atoms with E-state index in [2.05, 4.69) is 78.2 Å². The Labute approximate surface area is 107 Å². The molecule has 1 N–H and O–H groups in total. The fourth-order valence-electron chi connectivity index (χ4n) is 2.10. The van der Waals surface area contributed by atoms with Crippen molar-refractivity contribution in [3.05, 3.63) is 78.5 Å². The van der Waals surface area contributed by atoms with E-state index >= 15 is 0 Å². The summed E-state index contributed by atoms with van der Waals surface area (Å²) in [6.07, 6.45) is 11.6. The summed E-state index contributed by atoms with van der Waals surface area (Å²) in [6.45, 7) is 0. The van der Waals surface area contributed by atoms with Gasteiger partial charge in [0.05, 0.1) is 0 Å². The van der Waals surface area contributed by atoms with Crippen molar-refractivity contribution in [2.24, 2.45) is 0 Å². The molecule has 0 aromatic heterocycles. The molecule has 0 radical (unpaired) electrons. The van der Waals surface area contributed by atoms with E-state index in [1.165, 1.54) is 10.8 Å². The Morgan fingerprint density at radius 3 is 2.72 bits per heavy atom. The number of fused-ring (bicyclic) bond motifs is 1. The maximum Gasteiger partial charge on any atom is 0.0390 e. The predicted molar refractivity (Wildman–Crippen MR) is 78.6 cm³/mol. The van der Waals surface area contributed by atoms with Crippen LogP contribution < -0.4 is 5.32 Å². The number of hydrogen-bond acceptors (Lipinski definition) is 1. The summed E-state index contributed by atoms with van der Waals surface area (Å²) in [7, 11) is 0. The van der Waals surface area contributed by atoms with Crippen LogP contribution in [0.5, 0.6) is 0 Å². The fourth-order valence-corrected chi connectivity index (χ4v) is 2.10. The summed E-state index contributed by atoms with van der Waals surface area (Å²) in [6, 6.07) is 14.8. The Bertz CT molecular complexity index is 647. The minimum atomic E-state index is 0.999. The van der Waals surface area contributed by atoms with Crippen LogP contribution in [0, 0.1) is 0 Å². The quantitative estimate of drug-likeness (QED) is 0.796. The molecule has 0 amide bonds. The lowest BCUT2D eigenvalue weighted by Gasteiger charge is -2.08. The van der Waals surface area contributed by atoms with Gasteiger partial charge < -0.3 is 5.32 Å². The topological polar surface area (TPSA) is 12.0 Å². The van der Waals surface area contributed by atoms with Crippen LogP contribution in [0.2, 0.25) is 0 Å². The van der Waals surface area contributed by atoms with Gasteiger partial charge in [0.1, 0.15) is 0 Å². The molecule has 1 aliphatic carbocycles. The molecule has 0 saturated carbocycles. The molecule has 0 spiro atoms. The predicted octanol–water partition coefficient (Wildman–Crippen LogP) is 4.65. The summed E-state index contributed by atoms with van der Waals surface area (Å²) in [5.74, 6) is 0. The van der Waals surface area contributed by atoms with Crippen molar-refractivity contribution in [3.63, 3.8) is 0 Å². The Kier molecular flexibility index (Phi) is 2.97. The lowest BCUT2D eigenvalue weighted by atomic mass is 10.1. The van der Waals surface area contributed by atoms with E-state index < -0.39 is 0 Å². The van der Waals surface area contributed by atoms with Gasteiger partial charge in [0.2, 0.25) is 0 Å². The highest BCUT2D eigenvalue weighted by atomic mass is 14.9. The van der Waals surface area contributed by atoms with E-state index in [1.807, 2.05) is 0 Å². The van der Waals surface area contributed by atoms with Crippen molar-refractivity contribution < 1.29 is 0 Å². The maximum absolute atomic E-state index is 3.44. The molecule has 3 rings (SSSR count). The standard InChI is InChI=1S/C17H15N/c1-2-4-10-16(9-3-1)18-17-12-11-14-7-5-6-8-15(14)13-17/h1,3-13,18H,2H2. The molecule has 1 heteroatoms. The van der Waals surface area contributed by atoms with Crippen LogP contribution in [0.3, 0.4) is 0 Å². The molecule has 18 heavy (non-hydrogen) atoms. The first kappa shape index (κ1) is 10.8. The zero-order valence-corrected chi connectivity index (χ0v) is 10.1. The molecule has 0 atom stereocenters. The van der Waals surface area contributed by atoms with E-state index in [4.69, 9.17) is 0 Å². The number of nitrogens with one attached hydrogen (secondary N) is 1. The molecule has 88 valence electrons. The minimum Gasteiger partial charge on any atom is -0.356 e. The van der Waals surface area contributed by atoms with Crippen molar-refractivity contribution in [2.75, 3.05) is 5.32 Å². The van der Waals surface area contributed by atoms with Crippen LogP contribution in [0.4, 0.5) is 5.69 Å². The number of anilines is 1. The van der Waals surface area contributed by atoms with Gasteiger partial charge in [-0.2, -0.15) is 0 Å². The smallest absolute Gasteiger partial charge is 0.0390 e. The lowest BCUT2D eigenvalue weighted by molar-refractivity contribution is 1.39. The maximum atomic E-state index is 3.44.